The second-order valence-corrected chi connectivity index (χ2v) is 14.1. The Balaban J connectivity index is 4.08. The lowest BCUT2D eigenvalue weighted by atomic mass is 10.1. The molecule has 0 amide bonds. The highest BCUT2D eigenvalue weighted by molar-refractivity contribution is 7.46. The quantitative estimate of drug-likeness (QED) is 0.0285. The predicted octanol–water partition coefficient (Wildman–Crippen LogP) is 12.1. The molecule has 0 aromatic carbocycles. The lowest BCUT2D eigenvalue weighted by Gasteiger charge is -2.18. The number of hydrogen-bond donors (Lipinski definition) is 2. The van der Waals surface area contributed by atoms with Crippen molar-refractivity contribution < 1.29 is 37.9 Å². The van der Waals surface area contributed by atoms with Crippen molar-refractivity contribution in [2.45, 2.75) is 161 Å². The molecule has 0 saturated heterocycles. The van der Waals surface area contributed by atoms with Crippen molar-refractivity contribution >= 4 is 19.8 Å². The van der Waals surface area contributed by atoms with Crippen molar-refractivity contribution in [3.8, 4) is 0 Å². The standard InChI is InChI=1S/C43H71O8P/c1-3-5-7-9-11-13-15-17-19-21-23-25-27-29-31-33-35-37-42(44)49-39-41(40-50-52(46,47)48)51-43(45)38-36-34-32-30-28-26-24-22-20-18-16-14-12-10-8-6-4-2/h6,8,11-14,17-20,24,26,30,32,41H,3-5,7,9-10,15-16,21-23,25,27-29,31,33-40H2,1-2H3,(H2,46,47,48)/b8-6-,13-11-,14-12-,19-17-,20-18-,26-24-,32-30-/t41-/m1/s1. The highest BCUT2D eigenvalue weighted by Crippen LogP contribution is 2.36. The normalized spacial score (nSPS) is 13.4. The Morgan fingerprint density at radius 3 is 1.44 bits per heavy atom. The van der Waals surface area contributed by atoms with Crippen LogP contribution in [0.2, 0.25) is 0 Å². The van der Waals surface area contributed by atoms with Gasteiger partial charge in [-0.2, -0.15) is 0 Å². The van der Waals surface area contributed by atoms with Crippen molar-refractivity contribution in [3.05, 3.63) is 85.1 Å². The Morgan fingerprint density at radius 2 is 0.942 bits per heavy atom. The Labute approximate surface area is 316 Å². The molecule has 1 atom stereocenters. The van der Waals surface area contributed by atoms with Gasteiger partial charge in [0, 0.05) is 12.8 Å². The summed E-state index contributed by atoms with van der Waals surface area (Å²) in [4.78, 5) is 42.8. The SMILES string of the molecule is CC/C=C\C/C=C\C/C=C\C/C=C\C/C=C\CCCC(=O)O[C@H](COC(=O)CCCCCCCCC/C=C\C/C=C\CCCCC)COP(=O)(O)O. The number of carbonyl (C=O) groups is 2. The molecule has 0 spiro atoms. The summed E-state index contributed by atoms with van der Waals surface area (Å²) in [5.74, 6) is -0.970. The third-order valence-electron chi connectivity index (χ3n) is 7.90. The van der Waals surface area contributed by atoms with Gasteiger partial charge in [-0.3, -0.25) is 14.1 Å². The van der Waals surface area contributed by atoms with Crippen LogP contribution in [0.15, 0.2) is 85.1 Å². The van der Waals surface area contributed by atoms with Gasteiger partial charge in [0.25, 0.3) is 0 Å². The summed E-state index contributed by atoms with van der Waals surface area (Å²) in [6.45, 7) is 3.48. The van der Waals surface area contributed by atoms with E-state index in [4.69, 9.17) is 19.3 Å². The molecule has 0 saturated carbocycles. The van der Waals surface area contributed by atoms with Gasteiger partial charge >= 0.3 is 19.8 Å². The number of unbranched alkanes of at least 4 members (excludes halogenated alkanes) is 11. The van der Waals surface area contributed by atoms with E-state index in [0.717, 1.165) is 64.2 Å². The monoisotopic (exact) mass is 746 g/mol. The molecule has 0 heterocycles. The van der Waals surface area contributed by atoms with Crippen LogP contribution in [0.3, 0.4) is 0 Å². The van der Waals surface area contributed by atoms with E-state index in [1.165, 1.54) is 44.9 Å². The van der Waals surface area contributed by atoms with Crippen LogP contribution in [0, 0.1) is 0 Å². The number of allylic oxidation sites excluding steroid dienone is 14. The van der Waals surface area contributed by atoms with Gasteiger partial charge in [0.15, 0.2) is 6.10 Å². The first kappa shape index (κ1) is 49.2. The molecule has 8 nitrogen and oxygen atoms in total. The van der Waals surface area contributed by atoms with E-state index in [1.54, 1.807) is 0 Å². The van der Waals surface area contributed by atoms with E-state index in [0.29, 0.717) is 19.3 Å². The Bertz CT molecular complexity index is 1110. The first-order valence-corrected chi connectivity index (χ1v) is 21.4. The first-order chi connectivity index (χ1) is 25.3. The summed E-state index contributed by atoms with van der Waals surface area (Å²) < 4.78 is 26.3. The highest BCUT2D eigenvalue weighted by atomic mass is 31.2. The molecule has 0 bridgehead atoms. The largest absolute Gasteiger partial charge is 0.469 e. The number of esters is 2. The molecular weight excluding hydrogens is 675 g/mol. The van der Waals surface area contributed by atoms with E-state index in [9.17, 15) is 14.2 Å². The molecule has 0 aromatic rings. The van der Waals surface area contributed by atoms with Gasteiger partial charge in [-0.05, 0) is 83.5 Å². The minimum atomic E-state index is -4.77. The van der Waals surface area contributed by atoms with Crippen molar-refractivity contribution in [2.24, 2.45) is 0 Å². The fourth-order valence-electron chi connectivity index (χ4n) is 4.97. The summed E-state index contributed by atoms with van der Waals surface area (Å²) >= 11 is 0. The lowest BCUT2D eigenvalue weighted by molar-refractivity contribution is -0.161. The van der Waals surface area contributed by atoms with Crippen molar-refractivity contribution in [1.29, 1.82) is 0 Å². The van der Waals surface area contributed by atoms with E-state index < -0.39 is 32.5 Å². The fraction of sp³-hybridized carbons (Fsp3) is 0.628. The van der Waals surface area contributed by atoms with Gasteiger partial charge in [-0.25, -0.2) is 4.57 Å². The van der Waals surface area contributed by atoms with Gasteiger partial charge in [-0.15, -0.1) is 0 Å². The maximum absolute atomic E-state index is 12.4. The molecule has 0 radical (unpaired) electrons. The van der Waals surface area contributed by atoms with Crippen LogP contribution >= 0.6 is 7.82 Å². The van der Waals surface area contributed by atoms with Crippen LogP contribution in [0.1, 0.15) is 155 Å². The van der Waals surface area contributed by atoms with Crippen LogP contribution in [0.4, 0.5) is 0 Å². The summed E-state index contributed by atoms with van der Waals surface area (Å²) in [7, 11) is -4.77. The molecule has 0 fully saturated rings. The van der Waals surface area contributed by atoms with Gasteiger partial charge < -0.3 is 19.3 Å². The third kappa shape index (κ3) is 40.0. The minimum absolute atomic E-state index is 0.127. The molecular formula is C43H71O8P. The zero-order valence-corrected chi connectivity index (χ0v) is 33.3. The molecule has 9 heteroatoms. The average Bonchev–Trinajstić information content (AvgIpc) is 3.11. The first-order valence-electron chi connectivity index (χ1n) is 19.9. The summed E-state index contributed by atoms with van der Waals surface area (Å²) in [5.41, 5.74) is 0. The van der Waals surface area contributed by atoms with Crippen LogP contribution in [0.5, 0.6) is 0 Å². The molecule has 0 aliphatic rings. The molecule has 0 unspecified atom stereocenters. The highest BCUT2D eigenvalue weighted by Gasteiger charge is 2.22. The summed E-state index contributed by atoms with van der Waals surface area (Å²) in [6.07, 6.45) is 50.2. The Hall–Kier alpha value is -2.77. The second kappa shape index (κ2) is 38.0. The topological polar surface area (TPSA) is 119 Å². The smallest absolute Gasteiger partial charge is 0.462 e. The van der Waals surface area contributed by atoms with Crippen LogP contribution < -0.4 is 0 Å². The van der Waals surface area contributed by atoms with Gasteiger partial charge in [0.2, 0.25) is 0 Å². The number of ether oxygens (including phenoxy) is 2. The maximum atomic E-state index is 12.4. The van der Waals surface area contributed by atoms with E-state index in [1.807, 2.05) is 12.2 Å². The number of hydrogen-bond acceptors (Lipinski definition) is 6. The Kier molecular flexibility index (Phi) is 35.9. The average molecular weight is 747 g/mol. The van der Waals surface area contributed by atoms with Crippen LogP contribution in [0.25, 0.3) is 0 Å². The third-order valence-corrected chi connectivity index (χ3v) is 8.38. The number of rotatable bonds is 35. The summed E-state index contributed by atoms with van der Waals surface area (Å²) in [6, 6.07) is 0. The second-order valence-electron chi connectivity index (χ2n) is 12.9. The molecule has 0 aliphatic carbocycles. The molecule has 0 rings (SSSR count). The predicted molar refractivity (Wildman–Crippen MR) is 216 cm³/mol. The van der Waals surface area contributed by atoms with Crippen molar-refractivity contribution in [2.75, 3.05) is 13.2 Å². The van der Waals surface area contributed by atoms with Gasteiger partial charge in [0.1, 0.15) is 6.61 Å². The maximum Gasteiger partial charge on any atom is 0.469 e. The van der Waals surface area contributed by atoms with Gasteiger partial charge in [0.05, 0.1) is 6.61 Å². The van der Waals surface area contributed by atoms with Crippen LogP contribution in [-0.2, 0) is 28.2 Å². The molecule has 296 valence electrons. The minimum Gasteiger partial charge on any atom is -0.462 e. The number of phosphoric acid groups is 1. The lowest BCUT2D eigenvalue weighted by Crippen LogP contribution is -2.29. The summed E-state index contributed by atoms with van der Waals surface area (Å²) in [5, 5.41) is 0. The van der Waals surface area contributed by atoms with Crippen molar-refractivity contribution in [1.82, 2.24) is 0 Å². The molecule has 2 N–H and O–H groups in total. The molecule has 52 heavy (non-hydrogen) atoms. The zero-order chi connectivity index (χ0) is 38.2. The van der Waals surface area contributed by atoms with Crippen molar-refractivity contribution in [3.63, 3.8) is 0 Å². The number of phosphoric ester groups is 1. The van der Waals surface area contributed by atoms with E-state index in [2.05, 4.69) is 91.3 Å². The van der Waals surface area contributed by atoms with E-state index in [-0.39, 0.29) is 19.4 Å². The molecule has 0 aliphatic heterocycles. The van der Waals surface area contributed by atoms with Gasteiger partial charge in [-0.1, -0.05) is 144 Å². The fourth-order valence-corrected chi connectivity index (χ4v) is 5.33. The van der Waals surface area contributed by atoms with Crippen LogP contribution in [-0.4, -0.2) is 41.0 Å². The molecule has 0 aromatic heterocycles. The Morgan fingerprint density at radius 1 is 0.519 bits per heavy atom. The zero-order valence-electron chi connectivity index (χ0n) is 32.4. The van der Waals surface area contributed by atoms with E-state index >= 15 is 0 Å². The number of carbonyl (C=O) groups excluding carboxylic acids is 2.